The SMILES string of the molecule is Cc1ccc(NC(=O)COC(=O)c2cc(C)n(Cc3ccco3)c2C)c(C)c1. The van der Waals surface area contributed by atoms with Gasteiger partial charge in [-0.3, -0.25) is 4.79 Å². The summed E-state index contributed by atoms with van der Waals surface area (Å²) in [5, 5.41) is 2.77. The molecule has 0 fully saturated rings. The van der Waals surface area contributed by atoms with Crippen molar-refractivity contribution in [2.24, 2.45) is 0 Å². The predicted molar refractivity (Wildman–Crippen MR) is 107 cm³/mol. The van der Waals surface area contributed by atoms with Gasteiger partial charge in [0.25, 0.3) is 5.91 Å². The van der Waals surface area contributed by atoms with E-state index in [0.29, 0.717) is 17.8 Å². The number of amides is 1. The standard InChI is InChI=1S/C22H24N2O4/c1-14-7-8-20(15(2)10-14)23-21(25)13-28-22(26)19-11-16(3)24(17(19)4)12-18-6-5-9-27-18/h5-11H,12-13H2,1-4H3,(H,23,25). The van der Waals surface area contributed by atoms with Crippen molar-refractivity contribution in [1.82, 2.24) is 4.57 Å². The molecule has 2 aromatic heterocycles. The van der Waals surface area contributed by atoms with Crippen LogP contribution in [0.5, 0.6) is 0 Å². The van der Waals surface area contributed by atoms with Crippen molar-refractivity contribution in [2.75, 3.05) is 11.9 Å². The van der Waals surface area contributed by atoms with Crippen LogP contribution in [0.2, 0.25) is 0 Å². The van der Waals surface area contributed by atoms with Gasteiger partial charge in [-0.25, -0.2) is 4.79 Å². The van der Waals surface area contributed by atoms with E-state index in [0.717, 1.165) is 28.3 Å². The molecule has 0 bridgehead atoms. The average Bonchev–Trinajstić information content (AvgIpc) is 3.26. The number of carbonyl (C=O) groups excluding carboxylic acids is 2. The fourth-order valence-electron chi connectivity index (χ4n) is 3.16. The summed E-state index contributed by atoms with van der Waals surface area (Å²) in [4.78, 5) is 24.6. The van der Waals surface area contributed by atoms with Crippen molar-refractivity contribution in [3.8, 4) is 0 Å². The molecule has 0 unspecified atom stereocenters. The number of benzene rings is 1. The van der Waals surface area contributed by atoms with Crippen molar-refractivity contribution in [2.45, 2.75) is 34.2 Å². The summed E-state index contributed by atoms with van der Waals surface area (Å²) in [5.41, 5.74) is 4.92. The van der Waals surface area contributed by atoms with Crippen molar-refractivity contribution >= 4 is 17.6 Å². The maximum absolute atomic E-state index is 12.5. The van der Waals surface area contributed by atoms with Crippen LogP contribution in [0.1, 0.15) is 38.6 Å². The third kappa shape index (κ3) is 4.34. The lowest BCUT2D eigenvalue weighted by atomic mass is 10.1. The second-order valence-corrected chi connectivity index (χ2v) is 6.89. The molecule has 0 atom stereocenters. The van der Waals surface area contributed by atoms with Gasteiger partial charge in [-0.15, -0.1) is 0 Å². The molecular formula is C22H24N2O4. The van der Waals surface area contributed by atoms with Crippen molar-refractivity contribution in [3.63, 3.8) is 0 Å². The van der Waals surface area contributed by atoms with Gasteiger partial charge in [-0.05, 0) is 57.5 Å². The van der Waals surface area contributed by atoms with Gasteiger partial charge in [-0.1, -0.05) is 17.7 Å². The molecule has 0 aliphatic rings. The van der Waals surface area contributed by atoms with Crippen LogP contribution in [0.25, 0.3) is 0 Å². The fourth-order valence-corrected chi connectivity index (χ4v) is 3.16. The number of nitrogens with zero attached hydrogens (tertiary/aromatic N) is 1. The third-order valence-corrected chi connectivity index (χ3v) is 4.68. The zero-order chi connectivity index (χ0) is 20.3. The van der Waals surface area contributed by atoms with Gasteiger partial charge >= 0.3 is 5.97 Å². The monoisotopic (exact) mass is 380 g/mol. The zero-order valence-corrected chi connectivity index (χ0v) is 16.5. The maximum atomic E-state index is 12.5. The van der Waals surface area contributed by atoms with E-state index in [1.807, 2.05) is 62.6 Å². The normalized spacial score (nSPS) is 10.7. The summed E-state index contributed by atoms with van der Waals surface area (Å²) in [6.45, 7) is 7.87. The molecule has 6 nitrogen and oxygen atoms in total. The van der Waals surface area contributed by atoms with E-state index in [1.165, 1.54) is 0 Å². The molecule has 0 radical (unpaired) electrons. The molecule has 2 heterocycles. The number of rotatable bonds is 6. The first kappa shape index (κ1) is 19.5. The number of nitrogens with one attached hydrogen (secondary N) is 1. The molecule has 28 heavy (non-hydrogen) atoms. The Bertz CT molecular complexity index is 1000. The van der Waals surface area contributed by atoms with Gasteiger partial charge in [0, 0.05) is 17.1 Å². The molecule has 0 aliphatic carbocycles. The van der Waals surface area contributed by atoms with Crippen LogP contribution in [0.3, 0.4) is 0 Å². The van der Waals surface area contributed by atoms with Gasteiger partial charge in [0.05, 0.1) is 18.4 Å². The van der Waals surface area contributed by atoms with Gasteiger partial charge in [0.15, 0.2) is 6.61 Å². The molecule has 1 aromatic carbocycles. The Labute approximate surface area is 164 Å². The van der Waals surface area contributed by atoms with Crippen molar-refractivity contribution in [3.05, 3.63) is 76.5 Å². The Morgan fingerprint density at radius 3 is 2.57 bits per heavy atom. The van der Waals surface area contributed by atoms with Crippen LogP contribution < -0.4 is 5.32 Å². The van der Waals surface area contributed by atoms with E-state index in [4.69, 9.17) is 9.15 Å². The number of esters is 1. The number of aryl methyl sites for hydroxylation is 3. The molecule has 0 saturated carbocycles. The third-order valence-electron chi connectivity index (χ3n) is 4.68. The first-order chi connectivity index (χ1) is 13.3. The first-order valence-corrected chi connectivity index (χ1v) is 9.08. The number of aromatic nitrogens is 1. The fraction of sp³-hybridized carbons (Fsp3) is 0.273. The van der Waals surface area contributed by atoms with E-state index in [9.17, 15) is 9.59 Å². The minimum atomic E-state index is -0.519. The largest absolute Gasteiger partial charge is 0.467 e. The van der Waals surface area contributed by atoms with Crippen LogP contribution in [-0.4, -0.2) is 23.1 Å². The number of anilines is 1. The Morgan fingerprint density at radius 2 is 1.89 bits per heavy atom. The molecule has 0 spiro atoms. The molecule has 0 aliphatic heterocycles. The second-order valence-electron chi connectivity index (χ2n) is 6.89. The molecule has 3 rings (SSSR count). The number of ether oxygens (including phenoxy) is 1. The summed E-state index contributed by atoms with van der Waals surface area (Å²) >= 11 is 0. The van der Waals surface area contributed by atoms with Crippen molar-refractivity contribution in [1.29, 1.82) is 0 Å². The smallest absolute Gasteiger partial charge is 0.340 e. The first-order valence-electron chi connectivity index (χ1n) is 9.08. The van der Waals surface area contributed by atoms with Gasteiger partial charge in [0.2, 0.25) is 0 Å². The Morgan fingerprint density at radius 1 is 1.11 bits per heavy atom. The summed E-state index contributed by atoms with van der Waals surface area (Å²) in [6.07, 6.45) is 1.62. The van der Waals surface area contributed by atoms with Gasteiger partial charge in [-0.2, -0.15) is 0 Å². The Balaban J connectivity index is 1.62. The lowest BCUT2D eigenvalue weighted by molar-refractivity contribution is -0.119. The number of furan rings is 1. The average molecular weight is 380 g/mol. The lowest BCUT2D eigenvalue weighted by Gasteiger charge is -2.10. The maximum Gasteiger partial charge on any atom is 0.340 e. The molecule has 6 heteroatoms. The highest BCUT2D eigenvalue weighted by Gasteiger charge is 2.19. The van der Waals surface area contributed by atoms with E-state index in [2.05, 4.69) is 5.32 Å². The van der Waals surface area contributed by atoms with Crippen LogP contribution in [0, 0.1) is 27.7 Å². The van der Waals surface area contributed by atoms with E-state index in [-0.39, 0.29) is 12.5 Å². The quantitative estimate of drug-likeness (QED) is 0.652. The summed E-state index contributed by atoms with van der Waals surface area (Å²) in [7, 11) is 0. The summed E-state index contributed by atoms with van der Waals surface area (Å²) in [6, 6.07) is 11.2. The molecular weight excluding hydrogens is 356 g/mol. The summed E-state index contributed by atoms with van der Waals surface area (Å²) < 4.78 is 12.6. The van der Waals surface area contributed by atoms with Crippen LogP contribution >= 0.6 is 0 Å². The van der Waals surface area contributed by atoms with E-state index < -0.39 is 5.97 Å². The molecule has 1 N–H and O–H groups in total. The second kappa shape index (κ2) is 8.17. The van der Waals surface area contributed by atoms with E-state index >= 15 is 0 Å². The van der Waals surface area contributed by atoms with Crippen LogP contribution in [0.4, 0.5) is 5.69 Å². The number of carbonyl (C=O) groups is 2. The molecule has 3 aromatic rings. The highest BCUT2D eigenvalue weighted by atomic mass is 16.5. The number of hydrogen-bond donors (Lipinski definition) is 1. The van der Waals surface area contributed by atoms with Crippen LogP contribution in [0.15, 0.2) is 47.1 Å². The zero-order valence-electron chi connectivity index (χ0n) is 16.5. The molecule has 1 amide bonds. The number of hydrogen-bond acceptors (Lipinski definition) is 4. The molecule has 146 valence electrons. The Hall–Kier alpha value is -3.28. The van der Waals surface area contributed by atoms with Gasteiger partial charge in [0.1, 0.15) is 5.76 Å². The Kier molecular flexibility index (Phi) is 5.68. The van der Waals surface area contributed by atoms with Crippen molar-refractivity contribution < 1.29 is 18.7 Å². The topological polar surface area (TPSA) is 73.5 Å². The predicted octanol–water partition coefficient (Wildman–Crippen LogP) is 4.16. The minimum Gasteiger partial charge on any atom is -0.467 e. The summed E-state index contributed by atoms with van der Waals surface area (Å²) in [5.74, 6) is -0.0890. The highest BCUT2D eigenvalue weighted by Crippen LogP contribution is 2.19. The lowest BCUT2D eigenvalue weighted by Crippen LogP contribution is -2.21. The van der Waals surface area contributed by atoms with Crippen LogP contribution in [-0.2, 0) is 16.1 Å². The van der Waals surface area contributed by atoms with E-state index in [1.54, 1.807) is 12.3 Å². The highest BCUT2D eigenvalue weighted by molar-refractivity contribution is 5.96. The minimum absolute atomic E-state index is 0.339. The van der Waals surface area contributed by atoms with Gasteiger partial charge < -0.3 is 19.0 Å². The molecule has 0 saturated heterocycles.